The van der Waals surface area contributed by atoms with Crippen LogP contribution < -0.4 is 0 Å². The van der Waals surface area contributed by atoms with E-state index in [1.807, 2.05) is 18.2 Å². The third-order valence-corrected chi connectivity index (χ3v) is 3.30. The van der Waals surface area contributed by atoms with Crippen LogP contribution in [0.2, 0.25) is 0 Å². The highest BCUT2D eigenvalue weighted by Gasteiger charge is 2.46. The first kappa shape index (κ1) is 11.6. The molecule has 88 valence electrons. The van der Waals surface area contributed by atoms with E-state index in [9.17, 15) is 4.79 Å². The van der Waals surface area contributed by atoms with E-state index in [0.29, 0.717) is 19.4 Å². The molecule has 0 aromatic carbocycles. The van der Waals surface area contributed by atoms with Crippen LogP contribution in [-0.4, -0.2) is 22.8 Å². The molecule has 2 rings (SSSR count). The largest absolute Gasteiger partial charge is 0.338 e. The van der Waals surface area contributed by atoms with E-state index in [4.69, 9.17) is 5.26 Å². The zero-order valence-electron chi connectivity index (χ0n) is 9.89. The first-order valence-corrected chi connectivity index (χ1v) is 5.75. The minimum atomic E-state index is -0.760. The van der Waals surface area contributed by atoms with E-state index >= 15 is 0 Å². The summed E-state index contributed by atoms with van der Waals surface area (Å²) in [6.45, 7) is 0.461. The summed E-state index contributed by atoms with van der Waals surface area (Å²) in [6, 6.07) is 7.78. The highest BCUT2D eigenvalue weighted by atomic mass is 16.2. The standard InChI is InChI=1S/C13H15N3O/c1-16(9-11-5-2-3-8-15-11)12(17)13(10-14)6-4-7-13/h2-3,5,8H,4,6-7,9H2,1H3. The normalized spacial score (nSPS) is 16.7. The SMILES string of the molecule is CN(Cc1ccccn1)C(=O)C1(C#N)CCC1. The van der Waals surface area contributed by atoms with Gasteiger partial charge in [0.1, 0.15) is 5.41 Å². The van der Waals surface area contributed by atoms with Crippen molar-refractivity contribution in [2.24, 2.45) is 5.41 Å². The van der Waals surface area contributed by atoms with E-state index in [1.54, 1.807) is 18.1 Å². The Hall–Kier alpha value is -1.89. The van der Waals surface area contributed by atoms with Crippen LogP contribution in [0.4, 0.5) is 0 Å². The number of carbonyl (C=O) groups is 1. The molecule has 0 aliphatic heterocycles. The van der Waals surface area contributed by atoms with Gasteiger partial charge in [-0.3, -0.25) is 9.78 Å². The molecule has 17 heavy (non-hydrogen) atoms. The summed E-state index contributed by atoms with van der Waals surface area (Å²) in [5.74, 6) is -0.0723. The van der Waals surface area contributed by atoms with Gasteiger partial charge in [0.15, 0.2) is 0 Å². The van der Waals surface area contributed by atoms with Crippen molar-refractivity contribution in [1.29, 1.82) is 5.26 Å². The Labute approximate surface area is 101 Å². The number of hydrogen-bond donors (Lipinski definition) is 0. The van der Waals surface area contributed by atoms with Gasteiger partial charge in [-0.1, -0.05) is 6.07 Å². The molecule has 4 heteroatoms. The first-order valence-electron chi connectivity index (χ1n) is 5.75. The summed E-state index contributed by atoms with van der Waals surface area (Å²) in [6.07, 6.45) is 4.05. The summed E-state index contributed by atoms with van der Waals surface area (Å²) >= 11 is 0. The lowest BCUT2D eigenvalue weighted by Gasteiger charge is -2.36. The molecule has 0 N–H and O–H groups in total. The topological polar surface area (TPSA) is 57.0 Å². The molecule has 1 aliphatic carbocycles. The van der Waals surface area contributed by atoms with E-state index < -0.39 is 5.41 Å². The van der Waals surface area contributed by atoms with Gasteiger partial charge in [-0.05, 0) is 31.4 Å². The van der Waals surface area contributed by atoms with Crippen LogP contribution in [0.25, 0.3) is 0 Å². The monoisotopic (exact) mass is 229 g/mol. The van der Waals surface area contributed by atoms with Crippen molar-refractivity contribution in [1.82, 2.24) is 9.88 Å². The number of rotatable bonds is 3. The third kappa shape index (κ3) is 2.14. The number of nitrogens with zero attached hydrogens (tertiary/aromatic N) is 3. The Balaban J connectivity index is 2.04. The van der Waals surface area contributed by atoms with Crippen molar-refractivity contribution < 1.29 is 4.79 Å². The first-order chi connectivity index (χ1) is 8.18. The van der Waals surface area contributed by atoms with Crippen LogP contribution in [0.1, 0.15) is 25.0 Å². The van der Waals surface area contributed by atoms with Gasteiger partial charge in [-0.15, -0.1) is 0 Å². The fourth-order valence-electron chi connectivity index (χ4n) is 2.08. The van der Waals surface area contributed by atoms with E-state index in [2.05, 4.69) is 11.1 Å². The van der Waals surface area contributed by atoms with Crippen LogP contribution in [0, 0.1) is 16.7 Å². The molecule has 4 nitrogen and oxygen atoms in total. The lowest BCUT2D eigenvalue weighted by Crippen LogP contribution is -2.45. The minimum absolute atomic E-state index is 0.0723. The van der Waals surface area contributed by atoms with Crippen molar-refractivity contribution >= 4 is 5.91 Å². The van der Waals surface area contributed by atoms with Crippen LogP contribution in [0.5, 0.6) is 0 Å². The molecule has 1 fully saturated rings. The average Bonchev–Trinajstić information content (AvgIpc) is 2.29. The Morgan fingerprint density at radius 2 is 2.35 bits per heavy atom. The van der Waals surface area contributed by atoms with Crippen molar-refractivity contribution in [2.75, 3.05) is 7.05 Å². The Kier molecular flexibility index (Phi) is 3.10. The lowest BCUT2D eigenvalue weighted by atomic mass is 9.69. The van der Waals surface area contributed by atoms with Gasteiger partial charge in [0.05, 0.1) is 18.3 Å². The van der Waals surface area contributed by atoms with Crippen LogP contribution in [0.3, 0.4) is 0 Å². The van der Waals surface area contributed by atoms with Gasteiger partial charge in [-0.25, -0.2) is 0 Å². The number of hydrogen-bond acceptors (Lipinski definition) is 3. The molecule has 1 aromatic rings. The maximum absolute atomic E-state index is 12.2. The van der Waals surface area contributed by atoms with E-state index in [-0.39, 0.29) is 5.91 Å². The fourth-order valence-corrected chi connectivity index (χ4v) is 2.08. The van der Waals surface area contributed by atoms with E-state index in [1.165, 1.54) is 0 Å². The summed E-state index contributed by atoms with van der Waals surface area (Å²) in [7, 11) is 1.73. The smallest absolute Gasteiger partial charge is 0.243 e. The van der Waals surface area contributed by atoms with Crippen molar-refractivity contribution in [3.8, 4) is 6.07 Å². The predicted molar refractivity (Wildman–Crippen MR) is 62.6 cm³/mol. The molecule has 1 saturated carbocycles. The molecule has 0 radical (unpaired) electrons. The zero-order chi connectivity index (χ0) is 12.3. The van der Waals surface area contributed by atoms with Crippen molar-refractivity contribution in [3.63, 3.8) is 0 Å². The zero-order valence-corrected chi connectivity index (χ0v) is 9.89. The van der Waals surface area contributed by atoms with Gasteiger partial charge in [0, 0.05) is 13.2 Å². The van der Waals surface area contributed by atoms with Crippen LogP contribution >= 0.6 is 0 Å². The fraction of sp³-hybridized carbons (Fsp3) is 0.462. The highest BCUT2D eigenvalue weighted by Crippen LogP contribution is 2.41. The van der Waals surface area contributed by atoms with Crippen molar-refractivity contribution in [3.05, 3.63) is 30.1 Å². The van der Waals surface area contributed by atoms with Crippen molar-refractivity contribution in [2.45, 2.75) is 25.8 Å². The number of pyridine rings is 1. The van der Waals surface area contributed by atoms with E-state index in [0.717, 1.165) is 12.1 Å². The molecule has 0 unspecified atom stereocenters. The lowest BCUT2D eigenvalue weighted by molar-refractivity contribution is -0.142. The van der Waals surface area contributed by atoms with Gasteiger partial charge >= 0.3 is 0 Å². The second-order valence-corrected chi connectivity index (χ2v) is 4.53. The number of amides is 1. The molecule has 1 aromatic heterocycles. The molecule has 0 spiro atoms. The number of carbonyl (C=O) groups excluding carboxylic acids is 1. The molecule has 0 saturated heterocycles. The molecule has 0 bridgehead atoms. The molecular weight excluding hydrogens is 214 g/mol. The Morgan fingerprint density at radius 1 is 1.59 bits per heavy atom. The maximum atomic E-state index is 12.2. The molecule has 1 heterocycles. The summed E-state index contributed by atoms with van der Waals surface area (Å²) < 4.78 is 0. The van der Waals surface area contributed by atoms with Crippen LogP contribution in [-0.2, 0) is 11.3 Å². The average molecular weight is 229 g/mol. The van der Waals surface area contributed by atoms with Gasteiger partial charge in [0.2, 0.25) is 5.91 Å². The molecule has 1 amide bonds. The predicted octanol–water partition coefficient (Wildman–Crippen LogP) is 1.73. The minimum Gasteiger partial charge on any atom is -0.338 e. The highest BCUT2D eigenvalue weighted by molar-refractivity contribution is 5.86. The summed E-state index contributed by atoms with van der Waals surface area (Å²) in [4.78, 5) is 17.9. The maximum Gasteiger partial charge on any atom is 0.243 e. The van der Waals surface area contributed by atoms with Gasteiger partial charge in [0.25, 0.3) is 0 Å². The summed E-state index contributed by atoms with van der Waals surface area (Å²) in [5, 5.41) is 9.11. The second-order valence-electron chi connectivity index (χ2n) is 4.53. The molecular formula is C13H15N3O. The summed E-state index contributed by atoms with van der Waals surface area (Å²) in [5.41, 5.74) is 0.0829. The van der Waals surface area contributed by atoms with Gasteiger partial charge < -0.3 is 4.90 Å². The van der Waals surface area contributed by atoms with Crippen LogP contribution in [0.15, 0.2) is 24.4 Å². The second kappa shape index (κ2) is 4.54. The molecule has 1 aliphatic rings. The molecule has 0 atom stereocenters. The Morgan fingerprint density at radius 3 is 2.82 bits per heavy atom. The Bertz CT molecular complexity index is 445. The number of nitriles is 1. The quantitative estimate of drug-likeness (QED) is 0.793. The number of aromatic nitrogens is 1. The van der Waals surface area contributed by atoms with Gasteiger partial charge in [-0.2, -0.15) is 5.26 Å². The third-order valence-electron chi connectivity index (χ3n) is 3.30.